The van der Waals surface area contributed by atoms with Crippen LogP contribution in [0.5, 0.6) is 0 Å². The molecule has 0 radical (unpaired) electrons. The van der Waals surface area contributed by atoms with E-state index in [-0.39, 0.29) is 5.54 Å². The Kier molecular flexibility index (Phi) is 4.22. The number of nitrogens with one attached hydrogen (secondary N) is 3. The first kappa shape index (κ1) is 14.0. The van der Waals surface area contributed by atoms with Crippen LogP contribution in [0.4, 0.5) is 0 Å². The van der Waals surface area contributed by atoms with Crippen LogP contribution in [0.2, 0.25) is 0 Å². The molecule has 0 aliphatic heterocycles. The molecule has 0 fully saturated rings. The van der Waals surface area contributed by atoms with Crippen molar-refractivity contribution in [2.45, 2.75) is 32.7 Å². The van der Waals surface area contributed by atoms with Gasteiger partial charge in [0.1, 0.15) is 5.82 Å². The molecule has 0 aliphatic rings. The summed E-state index contributed by atoms with van der Waals surface area (Å²) in [5.41, 5.74) is 3.64. The van der Waals surface area contributed by atoms with Gasteiger partial charge in [0.05, 0.1) is 11.0 Å². The minimum absolute atomic E-state index is 0.128. The molecule has 0 spiro atoms. The van der Waals surface area contributed by atoms with E-state index in [0.717, 1.165) is 36.4 Å². The van der Waals surface area contributed by atoms with Crippen LogP contribution in [-0.2, 0) is 6.42 Å². The normalized spacial score (nSPS) is 12.2. The molecule has 1 heterocycles. The number of aromatic nitrogens is 2. The first-order valence-electron chi connectivity index (χ1n) is 6.85. The molecule has 0 atom stereocenters. The summed E-state index contributed by atoms with van der Waals surface area (Å²) in [6.45, 7) is 8.36. The van der Waals surface area contributed by atoms with Crippen LogP contribution in [0, 0.1) is 6.92 Å². The maximum Gasteiger partial charge on any atom is 0.104 e. The Bertz CT molecular complexity index is 542. The fourth-order valence-corrected chi connectivity index (χ4v) is 2.39. The zero-order valence-corrected chi connectivity index (χ0v) is 12.3. The standard InChI is InChI=1S/C15H24N4/c1-11-18-13-6-5-12(9-14(13)19-11)7-8-17-15(2,3)10-16-4/h5-6,9,16-17H,7-8,10H2,1-4H3,(H,18,19). The highest BCUT2D eigenvalue weighted by atomic mass is 15.0. The maximum atomic E-state index is 4.42. The minimum Gasteiger partial charge on any atom is -0.342 e. The Morgan fingerprint density at radius 1 is 1.32 bits per heavy atom. The van der Waals surface area contributed by atoms with E-state index in [1.165, 1.54) is 5.56 Å². The number of hydrogen-bond donors (Lipinski definition) is 3. The molecule has 19 heavy (non-hydrogen) atoms. The van der Waals surface area contributed by atoms with Crippen molar-refractivity contribution < 1.29 is 0 Å². The summed E-state index contributed by atoms with van der Waals surface area (Å²) in [7, 11) is 1.98. The molecule has 1 aromatic carbocycles. The molecular weight excluding hydrogens is 236 g/mol. The summed E-state index contributed by atoms with van der Waals surface area (Å²) >= 11 is 0. The Morgan fingerprint density at radius 3 is 2.84 bits per heavy atom. The van der Waals surface area contributed by atoms with Gasteiger partial charge in [0.15, 0.2) is 0 Å². The Labute approximate surface area is 115 Å². The number of fused-ring (bicyclic) bond motifs is 1. The molecular formula is C15H24N4. The van der Waals surface area contributed by atoms with Gasteiger partial charge in [-0.1, -0.05) is 6.07 Å². The topological polar surface area (TPSA) is 52.7 Å². The third kappa shape index (κ3) is 3.78. The van der Waals surface area contributed by atoms with E-state index in [1.54, 1.807) is 0 Å². The van der Waals surface area contributed by atoms with E-state index in [2.05, 4.69) is 52.6 Å². The lowest BCUT2D eigenvalue weighted by Crippen LogP contribution is -2.47. The van der Waals surface area contributed by atoms with Gasteiger partial charge in [-0.25, -0.2) is 4.98 Å². The van der Waals surface area contributed by atoms with E-state index >= 15 is 0 Å². The van der Waals surface area contributed by atoms with Crippen LogP contribution < -0.4 is 10.6 Å². The second-order valence-corrected chi connectivity index (χ2v) is 5.76. The summed E-state index contributed by atoms with van der Waals surface area (Å²) in [6.07, 6.45) is 1.03. The zero-order valence-electron chi connectivity index (χ0n) is 12.3. The first-order valence-corrected chi connectivity index (χ1v) is 6.85. The van der Waals surface area contributed by atoms with Gasteiger partial charge < -0.3 is 15.6 Å². The number of imidazole rings is 1. The van der Waals surface area contributed by atoms with Crippen molar-refractivity contribution in [3.63, 3.8) is 0 Å². The van der Waals surface area contributed by atoms with Crippen molar-refractivity contribution >= 4 is 11.0 Å². The summed E-state index contributed by atoms with van der Waals surface area (Å²) in [5, 5.41) is 6.78. The third-order valence-electron chi connectivity index (χ3n) is 3.30. The number of nitrogens with zero attached hydrogens (tertiary/aromatic N) is 1. The Hall–Kier alpha value is -1.39. The van der Waals surface area contributed by atoms with Gasteiger partial charge in [0.25, 0.3) is 0 Å². The second-order valence-electron chi connectivity index (χ2n) is 5.76. The fraction of sp³-hybridized carbons (Fsp3) is 0.533. The van der Waals surface area contributed by atoms with Crippen molar-refractivity contribution in [3.05, 3.63) is 29.6 Å². The number of hydrogen-bond acceptors (Lipinski definition) is 3. The van der Waals surface area contributed by atoms with Crippen molar-refractivity contribution in [1.29, 1.82) is 0 Å². The van der Waals surface area contributed by atoms with Gasteiger partial charge in [-0.05, 0) is 58.5 Å². The number of rotatable bonds is 6. The molecule has 0 bridgehead atoms. The van der Waals surface area contributed by atoms with E-state index in [9.17, 15) is 0 Å². The van der Waals surface area contributed by atoms with Gasteiger partial charge in [0.2, 0.25) is 0 Å². The highest BCUT2D eigenvalue weighted by Gasteiger charge is 2.14. The Balaban J connectivity index is 1.94. The van der Waals surface area contributed by atoms with Crippen LogP contribution in [-0.4, -0.2) is 35.6 Å². The Morgan fingerprint density at radius 2 is 2.11 bits per heavy atom. The first-order chi connectivity index (χ1) is 9.00. The SMILES string of the molecule is CNCC(C)(C)NCCc1ccc2nc(C)[nH]c2c1. The summed E-state index contributed by atoms with van der Waals surface area (Å²) in [4.78, 5) is 7.70. The van der Waals surface area contributed by atoms with Crippen LogP contribution in [0.3, 0.4) is 0 Å². The fourth-order valence-electron chi connectivity index (χ4n) is 2.39. The van der Waals surface area contributed by atoms with Crippen molar-refractivity contribution in [2.24, 2.45) is 0 Å². The van der Waals surface area contributed by atoms with Crippen molar-refractivity contribution in [3.8, 4) is 0 Å². The highest BCUT2D eigenvalue weighted by molar-refractivity contribution is 5.75. The van der Waals surface area contributed by atoms with Crippen LogP contribution >= 0.6 is 0 Å². The van der Waals surface area contributed by atoms with Crippen molar-refractivity contribution in [2.75, 3.05) is 20.1 Å². The van der Waals surface area contributed by atoms with Gasteiger partial charge in [-0.3, -0.25) is 0 Å². The lowest BCUT2D eigenvalue weighted by atomic mass is 10.0. The predicted molar refractivity (Wildman–Crippen MR) is 80.5 cm³/mol. The van der Waals surface area contributed by atoms with Crippen LogP contribution in [0.25, 0.3) is 11.0 Å². The second kappa shape index (κ2) is 5.72. The monoisotopic (exact) mass is 260 g/mol. The van der Waals surface area contributed by atoms with Crippen LogP contribution in [0.15, 0.2) is 18.2 Å². The largest absolute Gasteiger partial charge is 0.342 e. The number of benzene rings is 1. The maximum absolute atomic E-state index is 4.42. The summed E-state index contributed by atoms with van der Waals surface area (Å²) < 4.78 is 0. The molecule has 0 aliphatic carbocycles. The van der Waals surface area contributed by atoms with E-state index in [4.69, 9.17) is 0 Å². The molecule has 0 amide bonds. The van der Waals surface area contributed by atoms with Gasteiger partial charge >= 0.3 is 0 Å². The average molecular weight is 260 g/mol. The molecule has 4 nitrogen and oxygen atoms in total. The molecule has 2 rings (SSSR count). The molecule has 1 aromatic heterocycles. The smallest absolute Gasteiger partial charge is 0.104 e. The summed E-state index contributed by atoms with van der Waals surface area (Å²) in [5.74, 6) is 0.973. The quantitative estimate of drug-likeness (QED) is 0.744. The van der Waals surface area contributed by atoms with Crippen LogP contribution in [0.1, 0.15) is 25.2 Å². The zero-order chi connectivity index (χ0) is 13.9. The number of H-pyrrole nitrogens is 1. The van der Waals surface area contributed by atoms with E-state index < -0.39 is 0 Å². The highest BCUT2D eigenvalue weighted by Crippen LogP contribution is 2.14. The molecule has 4 heteroatoms. The van der Waals surface area contributed by atoms with Gasteiger partial charge in [-0.15, -0.1) is 0 Å². The minimum atomic E-state index is 0.128. The number of likely N-dealkylation sites (N-methyl/N-ethyl adjacent to an activating group) is 1. The van der Waals surface area contributed by atoms with E-state index in [1.807, 2.05) is 14.0 Å². The van der Waals surface area contributed by atoms with Crippen molar-refractivity contribution in [1.82, 2.24) is 20.6 Å². The lowest BCUT2D eigenvalue weighted by Gasteiger charge is -2.26. The predicted octanol–water partition coefficient (Wildman–Crippen LogP) is 2.00. The molecule has 2 aromatic rings. The van der Waals surface area contributed by atoms with Gasteiger partial charge in [0, 0.05) is 12.1 Å². The molecule has 0 unspecified atom stereocenters. The molecule has 0 saturated carbocycles. The number of aromatic amines is 1. The summed E-state index contributed by atoms with van der Waals surface area (Å²) in [6, 6.07) is 6.45. The lowest BCUT2D eigenvalue weighted by molar-refractivity contribution is 0.379. The van der Waals surface area contributed by atoms with Gasteiger partial charge in [-0.2, -0.15) is 0 Å². The molecule has 104 valence electrons. The number of aryl methyl sites for hydroxylation is 1. The third-order valence-corrected chi connectivity index (χ3v) is 3.30. The van der Waals surface area contributed by atoms with E-state index in [0.29, 0.717) is 0 Å². The molecule has 3 N–H and O–H groups in total. The molecule has 0 saturated heterocycles. The average Bonchev–Trinajstić information content (AvgIpc) is 2.68.